The smallest absolute Gasteiger partial charge is 0.319 e. The molecule has 0 bridgehead atoms. The Kier molecular flexibility index (Phi) is 3.60. The van der Waals surface area contributed by atoms with Gasteiger partial charge in [0.25, 0.3) is 0 Å². The van der Waals surface area contributed by atoms with Gasteiger partial charge in [-0.3, -0.25) is 0 Å². The molecule has 0 aromatic heterocycles. The Balaban J connectivity index is 2.48. The molecule has 1 rings (SSSR count). The van der Waals surface area contributed by atoms with Crippen molar-refractivity contribution in [3.8, 4) is 0 Å². The second-order valence-electron chi connectivity index (χ2n) is 3.29. The van der Waals surface area contributed by atoms with Crippen LogP contribution in [0.3, 0.4) is 0 Å². The maximum atomic E-state index is 11.5. The van der Waals surface area contributed by atoms with Gasteiger partial charge in [-0.2, -0.15) is 0 Å². The van der Waals surface area contributed by atoms with Crippen LogP contribution in [0.2, 0.25) is 0 Å². The molecular weight excluding hydrogens is 228 g/mol. The topological polar surface area (TPSA) is 57.7 Å². The van der Waals surface area contributed by atoms with Crippen molar-refractivity contribution in [2.24, 2.45) is 0 Å². The van der Waals surface area contributed by atoms with Gasteiger partial charge in [0.15, 0.2) is 0 Å². The fraction of sp³-hybridized carbons (Fsp3) is 0.857. The van der Waals surface area contributed by atoms with Gasteiger partial charge in [-0.1, -0.05) is 0 Å². The fourth-order valence-corrected chi connectivity index (χ4v) is 2.00. The van der Waals surface area contributed by atoms with E-state index in [1.807, 2.05) is 0 Å². The third-order valence-corrected chi connectivity index (χ3v) is 3.26. The van der Waals surface area contributed by atoms with Gasteiger partial charge in [-0.05, 0) is 6.42 Å². The van der Waals surface area contributed by atoms with Crippen LogP contribution < -0.4 is 0 Å². The number of carbonyl (C=O) groups is 1. The number of nitrogens with zero attached hydrogens (tertiary/aromatic N) is 2. The lowest BCUT2D eigenvalue weighted by Gasteiger charge is -2.32. The molecule has 0 aliphatic carbocycles. The number of halogens is 1. The lowest BCUT2D eigenvalue weighted by Crippen LogP contribution is -2.48. The van der Waals surface area contributed by atoms with Gasteiger partial charge in [0.2, 0.25) is 9.05 Å². The molecule has 0 aromatic carbocycles. The monoisotopic (exact) mass is 240 g/mol. The predicted octanol–water partition coefficient (Wildman–Crippen LogP) is 0.312. The summed E-state index contributed by atoms with van der Waals surface area (Å²) < 4.78 is 21.4. The normalized spacial score (nSPS) is 18.9. The van der Waals surface area contributed by atoms with E-state index in [0.29, 0.717) is 6.54 Å². The summed E-state index contributed by atoms with van der Waals surface area (Å²) in [7, 11) is 3.25. The molecule has 5 nitrogen and oxygen atoms in total. The molecule has 1 fully saturated rings. The minimum Gasteiger partial charge on any atom is -0.328 e. The molecular formula is C7H13ClN2O3S. The quantitative estimate of drug-likeness (QED) is 0.668. The van der Waals surface area contributed by atoms with E-state index in [1.54, 1.807) is 11.9 Å². The molecule has 7 heteroatoms. The van der Waals surface area contributed by atoms with E-state index >= 15 is 0 Å². The standard InChI is InChI=1S/C7H13ClN2O3S/c1-9-3-2-4-10(7(9)11)5-6-14(8,12)13/h2-6H2,1H3. The highest BCUT2D eigenvalue weighted by atomic mass is 35.7. The van der Waals surface area contributed by atoms with Crippen molar-refractivity contribution in [3.63, 3.8) is 0 Å². The first-order valence-corrected chi connectivity index (χ1v) is 6.80. The van der Waals surface area contributed by atoms with Gasteiger partial charge in [0.05, 0.1) is 5.75 Å². The maximum Gasteiger partial charge on any atom is 0.319 e. The number of amides is 2. The minimum atomic E-state index is -3.50. The first-order chi connectivity index (χ1) is 6.40. The summed E-state index contributed by atoms with van der Waals surface area (Å²) in [5.41, 5.74) is 0. The first-order valence-electron chi connectivity index (χ1n) is 4.32. The zero-order valence-electron chi connectivity index (χ0n) is 7.94. The van der Waals surface area contributed by atoms with Crippen LogP contribution in [-0.2, 0) is 9.05 Å². The molecule has 14 heavy (non-hydrogen) atoms. The van der Waals surface area contributed by atoms with Gasteiger partial charge in [-0.15, -0.1) is 0 Å². The predicted molar refractivity (Wildman–Crippen MR) is 53.9 cm³/mol. The van der Waals surface area contributed by atoms with E-state index in [-0.39, 0.29) is 18.3 Å². The number of hydrogen-bond donors (Lipinski definition) is 0. The Morgan fingerprint density at radius 2 is 2.07 bits per heavy atom. The molecule has 0 spiro atoms. The van der Waals surface area contributed by atoms with Crippen molar-refractivity contribution in [2.75, 3.05) is 32.4 Å². The van der Waals surface area contributed by atoms with Crippen LogP contribution in [0.15, 0.2) is 0 Å². The summed E-state index contributed by atoms with van der Waals surface area (Å²) in [6.07, 6.45) is 0.866. The SMILES string of the molecule is CN1CCCN(CCS(=O)(=O)Cl)C1=O. The summed E-state index contributed by atoms with van der Waals surface area (Å²) in [4.78, 5) is 14.5. The molecule has 0 atom stereocenters. The van der Waals surface area contributed by atoms with Crippen molar-refractivity contribution in [1.29, 1.82) is 0 Å². The zero-order chi connectivity index (χ0) is 10.8. The summed E-state index contributed by atoms with van der Waals surface area (Å²) in [6, 6.07) is -0.128. The average molecular weight is 241 g/mol. The molecule has 1 aliphatic rings. The second kappa shape index (κ2) is 4.35. The van der Waals surface area contributed by atoms with Gasteiger partial charge >= 0.3 is 6.03 Å². The van der Waals surface area contributed by atoms with Crippen LogP contribution in [-0.4, -0.2) is 56.7 Å². The lowest BCUT2D eigenvalue weighted by atomic mass is 10.3. The largest absolute Gasteiger partial charge is 0.328 e. The van der Waals surface area contributed by atoms with E-state index in [1.165, 1.54) is 4.90 Å². The molecule has 0 radical (unpaired) electrons. The van der Waals surface area contributed by atoms with E-state index in [9.17, 15) is 13.2 Å². The Morgan fingerprint density at radius 1 is 1.43 bits per heavy atom. The molecule has 1 saturated heterocycles. The average Bonchev–Trinajstić information content (AvgIpc) is 2.06. The van der Waals surface area contributed by atoms with Crippen LogP contribution in [0, 0.1) is 0 Å². The Labute approximate surface area is 88.0 Å². The summed E-state index contributed by atoms with van der Waals surface area (Å²) in [5, 5.41) is 0. The zero-order valence-corrected chi connectivity index (χ0v) is 9.51. The summed E-state index contributed by atoms with van der Waals surface area (Å²) in [5.74, 6) is -0.186. The third-order valence-electron chi connectivity index (χ3n) is 2.12. The number of carbonyl (C=O) groups excluding carboxylic acids is 1. The maximum absolute atomic E-state index is 11.5. The fourth-order valence-electron chi connectivity index (χ4n) is 1.36. The molecule has 0 N–H and O–H groups in total. The van der Waals surface area contributed by atoms with Crippen LogP contribution in [0.4, 0.5) is 4.79 Å². The molecule has 2 amide bonds. The van der Waals surface area contributed by atoms with Crippen molar-refractivity contribution in [2.45, 2.75) is 6.42 Å². The third kappa shape index (κ3) is 3.34. The van der Waals surface area contributed by atoms with Crippen LogP contribution in [0.1, 0.15) is 6.42 Å². The van der Waals surface area contributed by atoms with E-state index in [0.717, 1.165) is 13.0 Å². The summed E-state index contributed by atoms with van der Waals surface area (Å²) >= 11 is 0. The molecule has 1 heterocycles. The molecule has 0 aromatic rings. The van der Waals surface area contributed by atoms with E-state index in [4.69, 9.17) is 10.7 Å². The number of rotatable bonds is 3. The van der Waals surface area contributed by atoms with Crippen LogP contribution in [0.25, 0.3) is 0 Å². The summed E-state index contributed by atoms with van der Waals surface area (Å²) in [6.45, 7) is 1.51. The van der Waals surface area contributed by atoms with Crippen LogP contribution in [0.5, 0.6) is 0 Å². The highest BCUT2D eigenvalue weighted by molar-refractivity contribution is 8.13. The molecule has 82 valence electrons. The first kappa shape index (κ1) is 11.6. The van der Waals surface area contributed by atoms with Crippen molar-refractivity contribution < 1.29 is 13.2 Å². The minimum absolute atomic E-state index is 0.128. The Bertz CT molecular complexity index is 317. The van der Waals surface area contributed by atoms with Crippen LogP contribution >= 0.6 is 10.7 Å². The molecule has 0 saturated carbocycles. The van der Waals surface area contributed by atoms with Crippen molar-refractivity contribution in [3.05, 3.63) is 0 Å². The Hall–Kier alpha value is -0.490. The van der Waals surface area contributed by atoms with Gasteiger partial charge in [0.1, 0.15) is 0 Å². The lowest BCUT2D eigenvalue weighted by molar-refractivity contribution is 0.144. The highest BCUT2D eigenvalue weighted by Gasteiger charge is 2.23. The van der Waals surface area contributed by atoms with Crippen molar-refractivity contribution >= 4 is 25.8 Å². The molecule has 0 unspecified atom stereocenters. The second-order valence-corrected chi connectivity index (χ2v) is 6.18. The number of urea groups is 1. The van der Waals surface area contributed by atoms with E-state index in [2.05, 4.69) is 0 Å². The van der Waals surface area contributed by atoms with E-state index < -0.39 is 9.05 Å². The number of hydrogen-bond acceptors (Lipinski definition) is 3. The van der Waals surface area contributed by atoms with Crippen molar-refractivity contribution in [1.82, 2.24) is 9.80 Å². The molecule has 1 aliphatic heterocycles. The van der Waals surface area contributed by atoms with Gasteiger partial charge < -0.3 is 9.80 Å². The van der Waals surface area contributed by atoms with Gasteiger partial charge in [-0.25, -0.2) is 13.2 Å². The van der Waals surface area contributed by atoms with Gasteiger partial charge in [0, 0.05) is 37.4 Å². The Morgan fingerprint density at radius 3 is 2.64 bits per heavy atom. The highest BCUT2D eigenvalue weighted by Crippen LogP contribution is 2.07.